The van der Waals surface area contributed by atoms with Crippen LogP contribution >= 0.6 is 11.6 Å². The van der Waals surface area contributed by atoms with E-state index in [2.05, 4.69) is 0 Å². The second-order valence-electron chi connectivity index (χ2n) is 4.25. The largest absolute Gasteiger partial charge is 0.472 e. The van der Waals surface area contributed by atoms with Gasteiger partial charge in [-0.1, -0.05) is 11.6 Å². The lowest BCUT2D eigenvalue weighted by molar-refractivity contribution is 0.100. The monoisotopic (exact) mass is 279 g/mol. The number of nitrogens with zero attached hydrogens (tertiary/aromatic N) is 1. The number of primary amides is 1. The number of hydrogen-bond donors (Lipinski definition) is 2. The molecule has 0 aliphatic heterocycles. The predicted molar refractivity (Wildman–Crippen MR) is 75.2 cm³/mol. The van der Waals surface area contributed by atoms with Crippen LogP contribution in [0.25, 0.3) is 0 Å². The third-order valence-electron chi connectivity index (χ3n) is 2.73. The van der Waals surface area contributed by atoms with Gasteiger partial charge in [0.15, 0.2) is 0 Å². The van der Waals surface area contributed by atoms with E-state index in [1.165, 1.54) is 6.07 Å². The fourth-order valence-electron chi connectivity index (χ4n) is 1.93. The molecule has 5 nitrogen and oxygen atoms in total. The summed E-state index contributed by atoms with van der Waals surface area (Å²) in [5.41, 5.74) is 13.3. The quantitative estimate of drug-likeness (QED) is 0.841. The molecule has 1 heterocycles. The third kappa shape index (κ3) is 2.82. The second kappa shape index (κ2) is 5.24. The maximum atomic E-state index is 11.5. The van der Waals surface area contributed by atoms with Crippen molar-refractivity contribution in [3.8, 4) is 0 Å². The normalized spacial score (nSPS) is 10.4. The van der Waals surface area contributed by atoms with Crippen LogP contribution in [-0.2, 0) is 6.54 Å². The highest BCUT2D eigenvalue weighted by atomic mass is 35.5. The van der Waals surface area contributed by atoms with Crippen LogP contribution in [0.5, 0.6) is 0 Å². The Morgan fingerprint density at radius 2 is 2.21 bits per heavy atom. The predicted octanol–water partition coefficient (Wildman–Crippen LogP) is 2.25. The van der Waals surface area contributed by atoms with E-state index in [-0.39, 0.29) is 0 Å². The zero-order valence-electron chi connectivity index (χ0n) is 10.4. The first kappa shape index (κ1) is 13.3. The van der Waals surface area contributed by atoms with Crippen LogP contribution in [-0.4, -0.2) is 13.0 Å². The Morgan fingerprint density at radius 1 is 1.47 bits per heavy atom. The van der Waals surface area contributed by atoms with Crippen LogP contribution in [0.1, 0.15) is 15.9 Å². The van der Waals surface area contributed by atoms with Gasteiger partial charge in [0.1, 0.15) is 0 Å². The molecule has 6 heteroatoms. The molecule has 0 fully saturated rings. The van der Waals surface area contributed by atoms with Crippen LogP contribution in [0.2, 0.25) is 5.02 Å². The third-order valence-corrected chi connectivity index (χ3v) is 3.02. The van der Waals surface area contributed by atoms with Crippen LogP contribution < -0.4 is 16.4 Å². The zero-order chi connectivity index (χ0) is 14.0. The van der Waals surface area contributed by atoms with Gasteiger partial charge in [0.05, 0.1) is 28.8 Å². The lowest BCUT2D eigenvalue weighted by Crippen LogP contribution is -2.22. The number of anilines is 2. The first-order valence-electron chi connectivity index (χ1n) is 5.60. The number of hydrogen-bond acceptors (Lipinski definition) is 4. The number of carbonyl (C=O) groups is 1. The molecule has 1 amide bonds. The minimum absolute atomic E-state index is 0.302. The molecular formula is C13H14ClN3O2. The van der Waals surface area contributed by atoms with Gasteiger partial charge in [-0.15, -0.1) is 0 Å². The van der Waals surface area contributed by atoms with E-state index < -0.39 is 5.91 Å². The average Bonchev–Trinajstić information content (AvgIpc) is 2.80. The van der Waals surface area contributed by atoms with Crippen LogP contribution in [0, 0.1) is 0 Å². The molecule has 0 radical (unpaired) electrons. The standard InChI is InChI=1S/C13H14ClN3O2/c1-17(6-8-2-3-19-7-8)12-10(13(16)18)4-9(15)5-11(12)14/h2-5,7H,6,15H2,1H3,(H2,16,18). The summed E-state index contributed by atoms with van der Waals surface area (Å²) in [7, 11) is 1.82. The fraction of sp³-hybridized carbons (Fsp3) is 0.154. The summed E-state index contributed by atoms with van der Waals surface area (Å²) in [6.07, 6.45) is 3.22. The lowest BCUT2D eigenvalue weighted by atomic mass is 10.1. The van der Waals surface area contributed by atoms with Gasteiger partial charge in [-0.2, -0.15) is 0 Å². The van der Waals surface area contributed by atoms with Gasteiger partial charge in [-0.05, 0) is 18.2 Å². The molecule has 100 valence electrons. The Hall–Kier alpha value is -2.14. The Balaban J connectivity index is 2.40. The molecule has 0 aliphatic rings. The molecule has 2 aromatic rings. The van der Waals surface area contributed by atoms with Crippen molar-refractivity contribution in [3.63, 3.8) is 0 Å². The molecule has 2 rings (SSSR count). The number of benzene rings is 1. The Morgan fingerprint density at radius 3 is 2.79 bits per heavy atom. The topological polar surface area (TPSA) is 85.5 Å². The van der Waals surface area contributed by atoms with E-state index in [1.54, 1.807) is 18.6 Å². The van der Waals surface area contributed by atoms with E-state index in [9.17, 15) is 4.79 Å². The highest BCUT2D eigenvalue weighted by Gasteiger charge is 2.17. The van der Waals surface area contributed by atoms with E-state index in [0.717, 1.165) is 5.56 Å². The molecule has 0 aliphatic carbocycles. The van der Waals surface area contributed by atoms with Crippen molar-refractivity contribution in [1.29, 1.82) is 0 Å². The van der Waals surface area contributed by atoms with E-state index in [0.29, 0.717) is 28.5 Å². The van der Waals surface area contributed by atoms with Gasteiger partial charge in [0, 0.05) is 24.8 Å². The number of nitrogens with two attached hydrogens (primary N) is 2. The molecule has 4 N–H and O–H groups in total. The van der Waals surface area contributed by atoms with Crippen molar-refractivity contribution in [1.82, 2.24) is 0 Å². The Labute approximate surface area is 115 Å². The molecule has 0 unspecified atom stereocenters. The van der Waals surface area contributed by atoms with Crippen molar-refractivity contribution in [2.45, 2.75) is 6.54 Å². The summed E-state index contributed by atoms with van der Waals surface area (Å²) in [4.78, 5) is 13.3. The molecule has 0 bridgehead atoms. The number of nitrogen functional groups attached to an aromatic ring is 1. The van der Waals surface area contributed by atoms with Gasteiger partial charge in [-0.3, -0.25) is 4.79 Å². The first-order valence-corrected chi connectivity index (χ1v) is 5.98. The number of halogens is 1. The molecule has 1 aromatic heterocycles. The zero-order valence-corrected chi connectivity index (χ0v) is 11.1. The highest BCUT2D eigenvalue weighted by Crippen LogP contribution is 2.32. The summed E-state index contributed by atoms with van der Waals surface area (Å²) in [6.45, 7) is 0.542. The molecular weight excluding hydrogens is 266 g/mol. The van der Waals surface area contributed by atoms with E-state index in [1.807, 2.05) is 18.0 Å². The van der Waals surface area contributed by atoms with Gasteiger partial charge in [0.2, 0.25) is 0 Å². The fourth-order valence-corrected chi connectivity index (χ4v) is 2.30. The van der Waals surface area contributed by atoms with Gasteiger partial charge in [-0.25, -0.2) is 0 Å². The molecule has 0 saturated heterocycles. The van der Waals surface area contributed by atoms with Crippen molar-refractivity contribution < 1.29 is 9.21 Å². The minimum Gasteiger partial charge on any atom is -0.472 e. The molecule has 0 spiro atoms. The van der Waals surface area contributed by atoms with Crippen LogP contribution in [0.4, 0.5) is 11.4 Å². The maximum absolute atomic E-state index is 11.5. The molecule has 0 saturated carbocycles. The number of furan rings is 1. The van der Waals surface area contributed by atoms with Crippen molar-refractivity contribution in [3.05, 3.63) is 46.9 Å². The summed E-state index contributed by atoms with van der Waals surface area (Å²) in [5.74, 6) is -0.566. The molecule has 0 atom stereocenters. The van der Waals surface area contributed by atoms with Gasteiger partial charge in [0.25, 0.3) is 5.91 Å². The summed E-state index contributed by atoms with van der Waals surface area (Å²) < 4.78 is 5.01. The lowest BCUT2D eigenvalue weighted by Gasteiger charge is -2.22. The van der Waals surface area contributed by atoms with Crippen LogP contribution in [0.15, 0.2) is 35.1 Å². The average molecular weight is 280 g/mol. The van der Waals surface area contributed by atoms with Crippen molar-refractivity contribution >= 4 is 28.9 Å². The number of rotatable bonds is 4. The number of carbonyl (C=O) groups excluding carboxylic acids is 1. The van der Waals surface area contributed by atoms with Crippen molar-refractivity contribution in [2.75, 3.05) is 17.7 Å². The summed E-state index contributed by atoms with van der Waals surface area (Å²) >= 11 is 6.16. The number of amides is 1. The highest BCUT2D eigenvalue weighted by molar-refractivity contribution is 6.34. The van der Waals surface area contributed by atoms with Gasteiger partial charge >= 0.3 is 0 Å². The second-order valence-corrected chi connectivity index (χ2v) is 4.66. The van der Waals surface area contributed by atoms with Crippen LogP contribution in [0.3, 0.4) is 0 Å². The Bertz CT molecular complexity index is 596. The summed E-state index contributed by atoms with van der Waals surface area (Å²) in [5, 5.41) is 0.389. The SMILES string of the molecule is CN(Cc1ccoc1)c1c(Cl)cc(N)cc1C(N)=O. The molecule has 19 heavy (non-hydrogen) atoms. The first-order chi connectivity index (χ1) is 8.99. The van der Waals surface area contributed by atoms with E-state index in [4.69, 9.17) is 27.5 Å². The Kier molecular flexibility index (Phi) is 3.66. The minimum atomic E-state index is -0.566. The maximum Gasteiger partial charge on any atom is 0.250 e. The molecule has 1 aromatic carbocycles. The van der Waals surface area contributed by atoms with Gasteiger partial charge < -0.3 is 20.8 Å². The smallest absolute Gasteiger partial charge is 0.250 e. The summed E-state index contributed by atoms with van der Waals surface area (Å²) in [6, 6.07) is 4.95. The van der Waals surface area contributed by atoms with Crippen molar-refractivity contribution in [2.24, 2.45) is 5.73 Å². The van der Waals surface area contributed by atoms with E-state index >= 15 is 0 Å².